The van der Waals surface area contributed by atoms with E-state index in [2.05, 4.69) is 21.1 Å². The Morgan fingerprint density at radius 2 is 2.00 bits per heavy atom. The molecule has 2 heterocycles. The molecule has 0 fully saturated rings. The number of aromatic nitrogens is 4. The van der Waals surface area contributed by atoms with Gasteiger partial charge in [0.25, 0.3) is 0 Å². The van der Waals surface area contributed by atoms with Crippen LogP contribution >= 0.6 is 23.1 Å². The monoisotopic (exact) mass is 423 g/mol. The zero-order valence-corrected chi connectivity index (χ0v) is 17.9. The number of nitrogens with zero attached hydrogens (tertiary/aromatic N) is 5. The third kappa shape index (κ3) is 4.49. The van der Waals surface area contributed by atoms with E-state index in [9.17, 15) is 4.79 Å². The summed E-state index contributed by atoms with van der Waals surface area (Å²) >= 11 is 3.30. The van der Waals surface area contributed by atoms with Gasteiger partial charge in [0.1, 0.15) is 17.7 Å². The highest BCUT2D eigenvalue weighted by Crippen LogP contribution is 2.26. The van der Waals surface area contributed by atoms with Crippen LogP contribution in [0.4, 0.5) is 0 Å². The predicted molar refractivity (Wildman–Crippen MR) is 118 cm³/mol. The number of carbonyl (C=O) groups is 1. The lowest BCUT2D eigenvalue weighted by Gasteiger charge is -2.25. The molecule has 4 rings (SSSR count). The van der Waals surface area contributed by atoms with Crippen LogP contribution in [0.3, 0.4) is 0 Å². The van der Waals surface area contributed by atoms with Crippen LogP contribution < -0.4 is 0 Å². The fourth-order valence-electron chi connectivity index (χ4n) is 3.00. The molecule has 0 radical (unpaired) electrons. The summed E-state index contributed by atoms with van der Waals surface area (Å²) in [6.07, 6.45) is 3.17. The molecular weight excluding hydrogens is 402 g/mol. The molecule has 0 aliphatic rings. The van der Waals surface area contributed by atoms with Crippen LogP contribution in [0.25, 0.3) is 15.9 Å². The van der Waals surface area contributed by atoms with Gasteiger partial charge in [0.2, 0.25) is 5.91 Å². The molecule has 0 spiro atoms. The lowest BCUT2D eigenvalue weighted by Crippen LogP contribution is -2.31. The second kappa shape index (κ2) is 8.75. The minimum atomic E-state index is -0.00431. The number of amides is 1. The molecule has 0 aliphatic carbocycles. The standard InChI is InChI=1S/C21H21N5OS2/c1-15(16-7-9-17(10-8-16)26-14-22-13-23-26)25(2)21(27)12-28-11-20-24-18-5-3-4-6-19(18)29-20/h3-10,13-15H,11-12H2,1-2H3/t15-/m0/s1. The van der Waals surface area contributed by atoms with Crippen LogP contribution in [0.2, 0.25) is 0 Å². The molecular formula is C21H21N5OS2. The highest BCUT2D eigenvalue weighted by Gasteiger charge is 2.17. The third-order valence-electron chi connectivity index (χ3n) is 4.82. The number of hydrogen-bond donors (Lipinski definition) is 0. The molecule has 2 aromatic heterocycles. The topological polar surface area (TPSA) is 63.9 Å². The lowest BCUT2D eigenvalue weighted by atomic mass is 10.1. The average Bonchev–Trinajstić information content (AvgIpc) is 3.42. The number of benzene rings is 2. The van der Waals surface area contributed by atoms with Crippen molar-refractivity contribution in [3.63, 3.8) is 0 Å². The fourth-order valence-corrected chi connectivity index (χ4v) is 4.96. The molecule has 29 heavy (non-hydrogen) atoms. The second-order valence-corrected chi connectivity index (χ2v) is 8.78. The summed E-state index contributed by atoms with van der Waals surface area (Å²) in [5.41, 5.74) is 3.05. The van der Waals surface area contributed by atoms with Gasteiger partial charge in [0.05, 0.1) is 27.7 Å². The van der Waals surface area contributed by atoms with Crippen LogP contribution in [0.1, 0.15) is 23.5 Å². The maximum atomic E-state index is 12.6. The summed E-state index contributed by atoms with van der Waals surface area (Å²) in [5.74, 6) is 1.30. The van der Waals surface area contributed by atoms with E-state index in [0.29, 0.717) is 5.75 Å². The summed E-state index contributed by atoms with van der Waals surface area (Å²) < 4.78 is 2.90. The molecule has 1 atom stereocenters. The first-order chi connectivity index (χ1) is 14.1. The van der Waals surface area contributed by atoms with Crippen molar-refractivity contribution < 1.29 is 4.79 Å². The van der Waals surface area contributed by atoms with Gasteiger partial charge in [0, 0.05) is 12.8 Å². The van der Waals surface area contributed by atoms with E-state index in [4.69, 9.17) is 0 Å². The minimum absolute atomic E-state index is 0.00431. The molecule has 0 unspecified atom stereocenters. The Balaban J connectivity index is 1.32. The van der Waals surface area contributed by atoms with Crippen molar-refractivity contribution in [2.45, 2.75) is 18.7 Å². The number of carbonyl (C=O) groups excluding carboxylic acids is 1. The SMILES string of the molecule is C[C@@H](c1ccc(-n2cncn2)cc1)N(C)C(=O)CSCc1nc2ccccc2s1. The molecule has 148 valence electrons. The summed E-state index contributed by atoms with van der Waals surface area (Å²) in [7, 11) is 1.86. The van der Waals surface area contributed by atoms with Gasteiger partial charge in [0.15, 0.2) is 0 Å². The first-order valence-corrected chi connectivity index (χ1v) is 11.2. The van der Waals surface area contributed by atoms with E-state index >= 15 is 0 Å². The maximum Gasteiger partial charge on any atom is 0.232 e. The average molecular weight is 424 g/mol. The van der Waals surface area contributed by atoms with E-state index in [1.807, 2.05) is 56.4 Å². The number of thioether (sulfide) groups is 1. The quantitative estimate of drug-likeness (QED) is 0.443. The number of fused-ring (bicyclic) bond motifs is 1. The van der Waals surface area contributed by atoms with Crippen LogP contribution in [0.15, 0.2) is 61.2 Å². The first kappa shape index (κ1) is 19.6. The molecule has 4 aromatic rings. The zero-order chi connectivity index (χ0) is 20.2. The van der Waals surface area contributed by atoms with E-state index < -0.39 is 0 Å². The number of thiazole rings is 1. The number of para-hydroxylation sites is 1. The van der Waals surface area contributed by atoms with Gasteiger partial charge < -0.3 is 4.90 Å². The van der Waals surface area contributed by atoms with Crippen molar-refractivity contribution in [3.05, 3.63) is 71.8 Å². The largest absolute Gasteiger partial charge is 0.338 e. The van der Waals surface area contributed by atoms with E-state index in [0.717, 1.165) is 27.5 Å². The smallest absolute Gasteiger partial charge is 0.232 e. The summed E-state index contributed by atoms with van der Waals surface area (Å²) in [6, 6.07) is 16.1. The Morgan fingerprint density at radius 3 is 2.72 bits per heavy atom. The van der Waals surface area contributed by atoms with Gasteiger partial charge in [-0.05, 0) is 36.8 Å². The van der Waals surface area contributed by atoms with Crippen molar-refractivity contribution in [3.8, 4) is 5.69 Å². The predicted octanol–water partition coefficient (Wildman–Crippen LogP) is 4.33. The van der Waals surface area contributed by atoms with Crippen molar-refractivity contribution >= 4 is 39.2 Å². The van der Waals surface area contributed by atoms with Gasteiger partial charge >= 0.3 is 0 Å². The van der Waals surface area contributed by atoms with Crippen molar-refractivity contribution in [1.82, 2.24) is 24.6 Å². The molecule has 0 aliphatic heterocycles. The van der Waals surface area contributed by atoms with Gasteiger partial charge in [-0.1, -0.05) is 24.3 Å². The number of hydrogen-bond acceptors (Lipinski definition) is 6. The van der Waals surface area contributed by atoms with Gasteiger partial charge in [-0.2, -0.15) is 5.10 Å². The van der Waals surface area contributed by atoms with Gasteiger partial charge in [-0.15, -0.1) is 23.1 Å². The lowest BCUT2D eigenvalue weighted by molar-refractivity contribution is -0.128. The Kier molecular flexibility index (Phi) is 5.92. The third-order valence-corrected chi connectivity index (χ3v) is 6.97. The van der Waals surface area contributed by atoms with Crippen molar-refractivity contribution in [2.24, 2.45) is 0 Å². The van der Waals surface area contributed by atoms with E-state index in [1.54, 1.807) is 39.0 Å². The highest BCUT2D eigenvalue weighted by molar-refractivity contribution is 7.99. The molecule has 1 amide bonds. The highest BCUT2D eigenvalue weighted by atomic mass is 32.2. The second-order valence-electron chi connectivity index (χ2n) is 6.68. The van der Waals surface area contributed by atoms with Crippen LogP contribution in [0.5, 0.6) is 0 Å². The van der Waals surface area contributed by atoms with Crippen molar-refractivity contribution in [2.75, 3.05) is 12.8 Å². The molecule has 8 heteroatoms. The molecule has 0 bridgehead atoms. The van der Waals surface area contributed by atoms with Gasteiger partial charge in [-0.25, -0.2) is 14.6 Å². The van der Waals surface area contributed by atoms with Crippen LogP contribution in [-0.2, 0) is 10.5 Å². The maximum absolute atomic E-state index is 12.6. The molecule has 0 saturated heterocycles. The Hall–Kier alpha value is -2.71. The van der Waals surface area contributed by atoms with Crippen molar-refractivity contribution in [1.29, 1.82) is 0 Å². The zero-order valence-electron chi connectivity index (χ0n) is 16.2. The molecule has 6 nitrogen and oxygen atoms in total. The summed E-state index contributed by atoms with van der Waals surface area (Å²) in [5, 5.41) is 5.19. The van der Waals surface area contributed by atoms with Crippen LogP contribution in [0, 0.1) is 0 Å². The molecule has 0 saturated carbocycles. The van der Waals surface area contributed by atoms with Gasteiger partial charge in [-0.3, -0.25) is 4.79 Å². The fraction of sp³-hybridized carbons (Fsp3) is 0.238. The summed E-state index contributed by atoms with van der Waals surface area (Å²) in [4.78, 5) is 23.0. The molecule has 0 N–H and O–H groups in total. The Bertz CT molecular complexity index is 1060. The number of rotatable bonds is 7. The van der Waals surface area contributed by atoms with E-state index in [1.165, 1.54) is 11.0 Å². The summed E-state index contributed by atoms with van der Waals surface area (Å²) in [6.45, 7) is 2.04. The van der Waals surface area contributed by atoms with Crippen LogP contribution in [-0.4, -0.2) is 43.4 Å². The first-order valence-electron chi connectivity index (χ1n) is 9.24. The minimum Gasteiger partial charge on any atom is -0.338 e. The normalized spacial score (nSPS) is 12.2. The molecule has 2 aromatic carbocycles. The Morgan fingerprint density at radius 1 is 1.21 bits per heavy atom. The Labute approximate surface area is 177 Å². The van der Waals surface area contributed by atoms with E-state index in [-0.39, 0.29) is 11.9 Å².